The van der Waals surface area contributed by atoms with Crippen molar-refractivity contribution in [3.63, 3.8) is 0 Å². The number of aliphatic hydroxyl groups is 1. The van der Waals surface area contributed by atoms with E-state index in [2.05, 4.69) is 22.4 Å². The Bertz CT molecular complexity index is 1010. The van der Waals surface area contributed by atoms with Gasteiger partial charge in [-0.25, -0.2) is 4.98 Å². The lowest BCUT2D eigenvalue weighted by molar-refractivity contribution is -0.118. The molecule has 2 aromatic carbocycles. The van der Waals surface area contributed by atoms with Gasteiger partial charge in [0.2, 0.25) is 11.8 Å². The first-order valence-corrected chi connectivity index (χ1v) is 9.78. The average Bonchev–Trinajstić information content (AvgIpc) is 2.80. The summed E-state index contributed by atoms with van der Waals surface area (Å²) in [6.07, 6.45) is 3.34. The molecule has 7 heteroatoms. The van der Waals surface area contributed by atoms with Gasteiger partial charge in [-0.15, -0.1) is 0 Å². The molecule has 0 fully saturated rings. The zero-order valence-electron chi connectivity index (χ0n) is 16.3. The van der Waals surface area contributed by atoms with Crippen LogP contribution in [0, 0.1) is 0 Å². The zero-order valence-corrected chi connectivity index (χ0v) is 16.3. The molecule has 3 aromatic rings. The lowest BCUT2D eigenvalue weighted by Gasteiger charge is -2.26. The summed E-state index contributed by atoms with van der Waals surface area (Å²) in [4.78, 5) is 15.9. The molecule has 30 heavy (non-hydrogen) atoms. The zero-order chi connectivity index (χ0) is 20.9. The second-order valence-electron chi connectivity index (χ2n) is 7.09. The predicted octanol–water partition coefficient (Wildman–Crippen LogP) is 3.20. The van der Waals surface area contributed by atoms with Crippen molar-refractivity contribution in [3.05, 3.63) is 78.0 Å². The van der Waals surface area contributed by atoms with E-state index in [9.17, 15) is 4.79 Å². The van der Waals surface area contributed by atoms with Crippen LogP contribution in [0.4, 0.5) is 5.69 Å². The number of nitrogens with one attached hydrogen (secondary N) is 1. The highest BCUT2D eigenvalue weighted by Crippen LogP contribution is 2.37. The molecule has 4 N–H and O–H groups in total. The van der Waals surface area contributed by atoms with E-state index in [4.69, 9.17) is 20.3 Å². The number of carbonyl (C=O) groups is 1. The molecule has 0 radical (unpaired) electrons. The second-order valence-corrected chi connectivity index (χ2v) is 7.09. The molecular weight excluding hydrogens is 382 g/mol. The van der Waals surface area contributed by atoms with E-state index < -0.39 is 18.6 Å². The smallest absolute Gasteiger partial charge is 0.243 e. The molecule has 2 heterocycles. The quantitative estimate of drug-likeness (QED) is 0.581. The fraction of sp³-hybridized carbons (Fsp3) is 0.217. The lowest BCUT2D eigenvalue weighted by Crippen LogP contribution is -2.38. The number of rotatable bonds is 6. The summed E-state index contributed by atoms with van der Waals surface area (Å²) in [5.41, 5.74) is 8.23. The van der Waals surface area contributed by atoms with Crippen molar-refractivity contribution >= 4 is 11.6 Å². The average molecular weight is 405 g/mol. The molecule has 4 rings (SSSR count). The first-order chi connectivity index (χ1) is 14.6. The minimum Gasteiger partial charge on any atom is -0.485 e. The number of anilines is 1. The normalized spacial score (nSPS) is 16.1. The first kappa shape index (κ1) is 19.9. The van der Waals surface area contributed by atoms with Crippen molar-refractivity contribution in [2.45, 2.75) is 25.0 Å². The van der Waals surface area contributed by atoms with Gasteiger partial charge in [0.1, 0.15) is 23.6 Å². The highest BCUT2D eigenvalue weighted by atomic mass is 16.5. The maximum atomic E-state index is 11.7. The number of amides is 1. The van der Waals surface area contributed by atoms with Crippen LogP contribution in [-0.2, 0) is 11.2 Å². The number of aliphatic hydroxyl groups excluding tert-OH is 1. The molecule has 1 aromatic heterocycles. The lowest BCUT2D eigenvalue weighted by atomic mass is 9.97. The number of pyridine rings is 1. The fourth-order valence-electron chi connectivity index (χ4n) is 3.28. The van der Waals surface area contributed by atoms with Crippen LogP contribution in [0.25, 0.3) is 0 Å². The van der Waals surface area contributed by atoms with Gasteiger partial charge in [-0.3, -0.25) is 4.79 Å². The van der Waals surface area contributed by atoms with E-state index >= 15 is 0 Å². The summed E-state index contributed by atoms with van der Waals surface area (Å²) in [5, 5.41) is 11.5. The molecule has 2 unspecified atom stereocenters. The Morgan fingerprint density at radius 3 is 2.80 bits per heavy atom. The van der Waals surface area contributed by atoms with Gasteiger partial charge in [-0.2, -0.15) is 0 Å². The maximum absolute atomic E-state index is 11.7. The Kier molecular flexibility index (Phi) is 5.92. The number of hydrogen-bond donors (Lipinski definition) is 3. The van der Waals surface area contributed by atoms with E-state index in [0.717, 1.165) is 24.2 Å². The van der Waals surface area contributed by atoms with Crippen LogP contribution in [0.1, 0.15) is 23.7 Å². The monoisotopic (exact) mass is 405 g/mol. The molecule has 0 aliphatic carbocycles. The van der Waals surface area contributed by atoms with Crippen molar-refractivity contribution in [1.82, 2.24) is 4.98 Å². The third kappa shape index (κ3) is 4.59. The largest absolute Gasteiger partial charge is 0.485 e. The van der Waals surface area contributed by atoms with Gasteiger partial charge in [-0.1, -0.05) is 30.3 Å². The van der Waals surface area contributed by atoms with Gasteiger partial charge in [0.25, 0.3) is 0 Å². The van der Waals surface area contributed by atoms with Crippen LogP contribution in [0.5, 0.6) is 17.4 Å². The number of carbonyl (C=O) groups excluding carboxylic acids is 1. The van der Waals surface area contributed by atoms with Gasteiger partial charge in [0.05, 0.1) is 18.5 Å². The molecular formula is C23H23N3O4. The first-order valence-electron chi connectivity index (χ1n) is 9.78. The van der Waals surface area contributed by atoms with Gasteiger partial charge < -0.3 is 25.6 Å². The Morgan fingerprint density at radius 1 is 1.23 bits per heavy atom. The van der Waals surface area contributed by atoms with Gasteiger partial charge in [0, 0.05) is 6.07 Å². The third-order valence-electron chi connectivity index (χ3n) is 4.91. The van der Waals surface area contributed by atoms with Crippen molar-refractivity contribution in [2.24, 2.45) is 5.73 Å². The number of nitrogens with two attached hydrogens (primary N) is 1. The Labute approximate surface area is 174 Å². The number of ether oxygens (including phenoxy) is 2. The highest BCUT2D eigenvalue weighted by Gasteiger charge is 2.21. The van der Waals surface area contributed by atoms with Crippen LogP contribution < -0.4 is 20.5 Å². The van der Waals surface area contributed by atoms with Crippen LogP contribution in [0.15, 0.2) is 66.9 Å². The molecule has 0 spiro atoms. The molecule has 2 atom stereocenters. The number of aryl methyl sites for hydroxylation is 1. The minimum atomic E-state index is -0.972. The van der Waals surface area contributed by atoms with Crippen molar-refractivity contribution < 1.29 is 19.4 Å². The van der Waals surface area contributed by atoms with Gasteiger partial charge in [0.15, 0.2) is 0 Å². The number of hydrogen-bond acceptors (Lipinski definition) is 6. The van der Waals surface area contributed by atoms with Gasteiger partial charge in [-0.05, 0) is 48.2 Å². The summed E-state index contributed by atoms with van der Waals surface area (Å²) >= 11 is 0. The topological polar surface area (TPSA) is 107 Å². The van der Waals surface area contributed by atoms with Crippen molar-refractivity contribution in [3.8, 4) is 17.4 Å². The number of benzene rings is 2. The Hall–Kier alpha value is -3.42. The molecule has 7 nitrogen and oxygen atoms in total. The van der Waals surface area contributed by atoms with E-state index in [0.29, 0.717) is 17.3 Å². The molecule has 0 saturated heterocycles. The molecule has 1 aliphatic rings. The van der Waals surface area contributed by atoms with Crippen LogP contribution >= 0.6 is 0 Å². The SMILES string of the molecule is NC(CO)C(=O)Nc1ccc(Oc2ccc3c(c2)CCC(c2ccccc2)O3)nc1. The predicted molar refractivity (Wildman–Crippen MR) is 113 cm³/mol. The summed E-state index contributed by atoms with van der Waals surface area (Å²) in [7, 11) is 0. The number of fused-ring (bicyclic) bond motifs is 1. The van der Waals surface area contributed by atoms with Gasteiger partial charge >= 0.3 is 0 Å². The van der Waals surface area contributed by atoms with Crippen LogP contribution in [0.3, 0.4) is 0 Å². The Morgan fingerprint density at radius 2 is 2.07 bits per heavy atom. The third-order valence-corrected chi connectivity index (χ3v) is 4.91. The molecule has 0 bridgehead atoms. The highest BCUT2D eigenvalue weighted by molar-refractivity contribution is 5.94. The van der Waals surface area contributed by atoms with E-state index in [1.165, 1.54) is 11.8 Å². The van der Waals surface area contributed by atoms with Crippen LogP contribution in [0.2, 0.25) is 0 Å². The standard InChI is InChI=1S/C23H23N3O4/c24-19(14-27)23(28)26-17-7-11-22(25-13-17)29-18-8-10-21-16(12-18)6-9-20(30-21)15-4-2-1-3-5-15/h1-5,7-8,10-13,19-20,27H,6,9,14,24H2,(H,26,28). The maximum Gasteiger partial charge on any atom is 0.243 e. The summed E-state index contributed by atoms with van der Waals surface area (Å²) in [6, 6.07) is 18.3. The number of aromatic nitrogens is 1. The molecule has 1 aliphatic heterocycles. The van der Waals surface area contributed by atoms with Crippen molar-refractivity contribution in [2.75, 3.05) is 11.9 Å². The summed E-state index contributed by atoms with van der Waals surface area (Å²) < 4.78 is 12.0. The van der Waals surface area contributed by atoms with Crippen molar-refractivity contribution in [1.29, 1.82) is 0 Å². The second kappa shape index (κ2) is 8.94. The fourth-order valence-corrected chi connectivity index (χ4v) is 3.28. The summed E-state index contributed by atoms with van der Waals surface area (Å²) in [6.45, 7) is -0.422. The van der Waals surface area contributed by atoms with E-state index in [-0.39, 0.29) is 6.10 Å². The Balaban J connectivity index is 1.40. The number of nitrogens with zero attached hydrogens (tertiary/aromatic N) is 1. The molecule has 154 valence electrons. The molecule has 1 amide bonds. The van der Waals surface area contributed by atoms with E-state index in [1.54, 1.807) is 12.1 Å². The van der Waals surface area contributed by atoms with Crippen LogP contribution in [-0.4, -0.2) is 28.6 Å². The van der Waals surface area contributed by atoms with E-state index in [1.807, 2.05) is 36.4 Å². The summed E-state index contributed by atoms with van der Waals surface area (Å²) in [5.74, 6) is 1.46. The minimum absolute atomic E-state index is 0.0637. The molecule has 0 saturated carbocycles.